The fourth-order valence-corrected chi connectivity index (χ4v) is 2.71. The van der Waals surface area contributed by atoms with Gasteiger partial charge in [-0.25, -0.2) is 0 Å². The zero-order valence-corrected chi connectivity index (χ0v) is 12.1. The molecular formula is C16H13F3OS. The normalized spacial score (nSPS) is 11.4. The van der Waals surface area contributed by atoms with Crippen LogP contribution in [0.3, 0.4) is 0 Å². The Morgan fingerprint density at radius 3 is 2.48 bits per heavy atom. The van der Waals surface area contributed by atoms with E-state index < -0.39 is 11.7 Å². The number of aryl methyl sites for hydroxylation is 1. The van der Waals surface area contributed by atoms with Crippen molar-refractivity contribution in [3.05, 3.63) is 65.2 Å². The molecule has 0 aliphatic carbocycles. The fourth-order valence-electron chi connectivity index (χ4n) is 1.81. The van der Waals surface area contributed by atoms with Crippen molar-refractivity contribution < 1.29 is 18.0 Å². The van der Waals surface area contributed by atoms with Crippen LogP contribution >= 0.6 is 11.8 Å². The zero-order valence-electron chi connectivity index (χ0n) is 11.3. The zero-order chi connectivity index (χ0) is 15.5. The number of alkyl halides is 3. The Bertz CT molecular complexity index is 650. The van der Waals surface area contributed by atoms with Gasteiger partial charge in [0.25, 0.3) is 0 Å². The minimum absolute atomic E-state index is 0.0879. The molecule has 0 aliphatic rings. The summed E-state index contributed by atoms with van der Waals surface area (Å²) in [5.74, 6) is -0.197. The Labute approximate surface area is 125 Å². The number of rotatable bonds is 4. The van der Waals surface area contributed by atoms with Gasteiger partial charge in [-0.3, -0.25) is 4.79 Å². The maximum atomic E-state index is 12.6. The molecule has 2 rings (SSSR count). The molecule has 0 bridgehead atoms. The summed E-state index contributed by atoms with van der Waals surface area (Å²) >= 11 is 1.32. The molecule has 2 aromatic carbocycles. The smallest absolute Gasteiger partial charge is 0.293 e. The number of halogens is 3. The highest BCUT2D eigenvalue weighted by atomic mass is 32.2. The van der Waals surface area contributed by atoms with Gasteiger partial charge in [-0.1, -0.05) is 29.8 Å². The molecule has 0 aliphatic heterocycles. The third-order valence-electron chi connectivity index (χ3n) is 2.87. The Kier molecular flexibility index (Phi) is 4.73. The van der Waals surface area contributed by atoms with Crippen molar-refractivity contribution in [2.45, 2.75) is 18.0 Å². The van der Waals surface area contributed by atoms with Crippen LogP contribution in [0.1, 0.15) is 21.5 Å². The van der Waals surface area contributed by atoms with Crippen LogP contribution < -0.4 is 0 Å². The molecule has 0 saturated carbocycles. The second-order valence-electron chi connectivity index (χ2n) is 4.61. The van der Waals surface area contributed by atoms with Gasteiger partial charge < -0.3 is 0 Å². The Balaban J connectivity index is 2.07. The third-order valence-corrected chi connectivity index (χ3v) is 3.87. The molecule has 0 N–H and O–H groups in total. The molecular weight excluding hydrogens is 297 g/mol. The summed E-state index contributed by atoms with van der Waals surface area (Å²) in [4.78, 5) is 12.9. The molecule has 0 unspecified atom stereocenters. The van der Waals surface area contributed by atoms with Crippen LogP contribution in [0.15, 0.2) is 53.4 Å². The lowest BCUT2D eigenvalue weighted by molar-refractivity contribution is -0.137. The summed E-state index contributed by atoms with van der Waals surface area (Å²) in [6.45, 7) is 1.94. The number of Topliss-reactive ketones (excluding diaryl/α,β-unsaturated/α-hetero) is 1. The van der Waals surface area contributed by atoms with Crippen molar-refractivity contribution in [1.82, 2.24) is 0 Å². The summed E-state index contributed by atoms with van der Waals surface area (Å²) < 4.78 is 37.8. The van der Waals surface area contributed by atoms with E-state index >= 15 is 0 Å². The van der Waals surface area contributed by atoms with Gasteiger partial charge in [-0.05, 0) is 31.2 Å². The molecule has 0 atom stereocenters. The van der Waals surface area contributed by atoms with Gasteiger partial charge in [-0.2, -0.15) is 13.2 Å². The van der Waals surface area contributed by atoms with Crippen molar-refractivity contribution >= 4 is 17.5 Å². The minimum Gasteiger partial charge on any atom is -0.293 e. The maximum Gasteiger partial charge on any atom is 0.416 e. The van der Waals surface area contributed by atoms with Gasteiger partial charge >= 0.3 is 6.18 Å². The molecule has 0 aromatic heterocycles. The lowest BCUT2D eigenvalue weighted by atomic mass is 10.1. The first kappa shape index (κ1) is 15.6. The minimum atomic E-state index is -4.43. The van der Waals surface area contributed by atoms with Gasteiger partial charge in [0.1, 0.15) is 0 Å². The molecule has 0 amide bonds. The van der Waals surface area contributed by atoms with Crippen LogP contribution in [0.4, 0.5) is 13.2 Å². The van der Waals surface area contributed by atoms with E-state index in [2.05, 4.69) is 0 Å². The number of ketones is 1. The van der Waals surface area contributed by atoms with E-state index in [1.807, 2.05) is 31.2 Å². The number of benzene rings is 2. The predicted molar refractivity (Wildman–Crippen MR) is 77.7 cm³/mol. The number of carbonyl (C=O) groups excluding carboxylic acids is 1. The Hall–Kier alpha value is -1.75. The quantitative estimate of drug-likeness (QED) is 0.584. The lowest BCUT2D eigenvalue weighted by Gasteiger charge is -2.08. The first-order valence-electron chi connectivity index (χ1n) is 6.26. The SMILES string of the molecule is Cc1cccc(SCC(=O)c2cccc(C(F)(F)F)c2)c1. The van der Waals surface area contributed by atoms with Crippen LogP contribution in [0.25, 0.3) is 0 Å². The van der Waals surface area contributed by atoms with Crippen molar-refractivity contribution in [3.63, 3.8) is 0 Å². The van der Waals surface area contributed by atoms with Gasteiger partial charge in [0.2, 0.25) is 0 Å². The topological polar surface area (TPSA) is 17.1 Å². The van der Waals surface area contributed by atoms with Crippen molar-refractivity contribution in [3.8, 4) is 0 Å². The largest absolute Gasteiger partial charge is 0.416 e. The average Bonchev–Trinajstić information content (AvgIpc) is 2.44. The highest BCUT2D eigenvalue weighted by molar-refractivity contribution is 8.00. The van der Waals surface area contributed by atoms with Crippen LogP contribution in [0.5, 0.6) is 0 Å². The standard InChI is InChI=1S/C16H13F3OS/c1-11-4-2-7-14(8-11)21-10-15(20)12-5-3-6-13(9-12)16(17,18)19/h2-9H,10H2,1H3. The van der Waals surface area contributed by atoms with E-state index in [1.54, 1.807) is 0 Å². The molecule has 0 heterocycles. The maximum absolute atomic E-state index is 12.6. The van der Waals surface area contributed by atoms with Crippen LogP contribution in [-0.4, -0.2) is 11.5 Å². The average molecular weight is 310 g/mol. The van der Waals surface area contributed by atoms with Crippen molar-refractivity contribution in [1.29, 1.82) is 0 Å². The van der Waals surface area contributed by atoms with Crippen molar-refractivity contribution in [2.24, 2.45) is 0 Å². The fraction of sp³-hybridized carbons (Fsp3) is 0.188. The Morgan fingerprint density at radius 2 is 1.81 bits per heavy atom. The summed E-state index contributed by atoms with van der Waals surface area (Å²) in [5.41, 5.74) is 0.366. The summed E-state index contributed by atoms with van der Waals surface area (Å²) in [7, 11) is 0. The van der Waals surface area contributed by atoms with Crippen molar-refractivity contribution in [2.75, 3.05) is 5.75 Å². The Morgan fingerprint density at radius 1 is 1.10 bits per heavy atom. The molecule has 2 aromatic rings. The van der Waals surface area contributed by atoms with Crippen LogP contribution in [0.2, 0.25) is 0 Å². The second kappa shape index (κ2) is 6.35. The van der Waals surface area contributed by atoms with Gasteiger partial charge in [-0.15, -0.1) is 11.8 Å². The highest BCUT2D eigenvalue weighted by Crippen LogP contribution is 2.30. The molecule has 21 heavy (non-hydrogen) atoms. The predicted octanol–water partition coefficient (Wildman–Crippen LogP) is 4.99. The van der Waals surface area contributed by atoms with Gasteiger partial charge in [0.15, 0.2) is 5.78 Å². The monoisotopic (exact) mass is 310 g/mol. The van der Waals surface area contributed by atoms with Gasteiger partial charge in [0, 0.05) is 10.5 Å². The molecule has 110 valence electrons. The molecule has 0 spiro atoms. The third kappa shape index (κ3) is 4.36. The van der Waals surface area contributed by atoms with E-state index in [0.29, 0.717) is 0 Å². The number of thioether (sulfide) groups is 1. The molecule has 0 fully saturated rings. The number of hydrogen-bond donors (Lipinski definition) is 0. The first-order chi connectivity index (χ1) is 9.86. The van der Waals surface area contributed by atoms with E-state index in [1.165, 1.54) is 23.9 Å². The van der Waals surface area contributed by atoms with Crippen LogP contribution in [0, 0.1) is 6.92 Å². The number of carbonyl (C=O) groups is 1. The molecule has 5 heteroatoms. The lowest BCUT2D eigenvalue weighted by Crippen LogP contribution is -2.08. The van der Waals surface area contributed by atoms with E-state index in [-0.39, 0.29) is 17.1 Å². The summed E-state index contributed by atoms with van der Waals surface area (Å²) in [6, 6.07) is 12.2. The van der Waals surface area contributed by atoms with E-state index in [0.717, 1.165) is 22.6 Å². The molecule has 0 saturated heterocycles. The van der Waals surface area contributed by atoms with Crippen LogP contribution in [-0.2, 0) is 6.18 Å². The van der Waals surface area contributed by atoms with Gasteiger partial charge in [0.05, 0.1) is 11.3 Å². The van der Waals surface area contributed by atoms with E-state index in [9.17, 15) is 18.0 Å². The van der Waals surface area contributed by atoms with E-state index in [4.69, 9.17) is 0 Å². The second-order valence-corrected chi connectivity index (χ2v) is 5.66. The number of hydrogen-bond acceptors (Lipinski definition) is 2. The highest BCUT2D eigenvalue weighted by Gasteiger charge is 2.30. The molecule has 0 radical (unpaired) electrons. The summed E-state index contributed by atoms with van der Waals surface area (Å²) in [5, 5.41) is 0. The summed E-state index contributed by atoms with van der Waals surface area (Å²) in [6.07, 6.45) is -4.43. The molecule has 1 nitrogen and oxygen atoms in total. The first-order valence-corrected chi connectivity index (χ1v) is 7.25.